The normalized spacial score (nSPS) is 14.6. The van der Waals surface area contributed by atoms with Gasteiger partial charge in [0.2, 0.25) is 15.9 Å². The number of sulfonamides is 1. The highest BCUT2D eigenvalue weighted by Crippen LogP contribution is 2.28. The van der Waals surface area contributed by atoms with E-state index in [1.807, 2.05) is 0 Å². The van der Waals surface area contributed by atoms with E-state index in [0.717, 1.165) is 11.8 Å². The summed E-state index contributed by atoms with van der Waals surface area (Å²) in [6.45, 7) is 6.66. The molecule has 1 fully saturated rings. The molecule has 1 aliphatic rings. The average Bonchev–Trinajstić information content (AvgIpc) is 3.47. The van der Waals surface area contributed by atoms with Gasteiger partial charge >= 0.3 is 5.97 Å². The lowest BCUT2D eigenvalue weighted by atomic mass is 10.1. The molecule has 0 unspecified atom stereocenters. The van der Waals surface area contributed by atoms with Gasteiger partial charge in [0.05, 0.1) is 41.7 Å². The van der Waals surface area contributed by atoms with Crippen molar-refractivity contribution in [1.82, 2.24) is 19.5 Å². The topological polar surface area (TPSA) is 145 Å². The summed E-state index contributed by atoms with van der Waals surface area (Å²) in [6.07, 6.45) is 0. The lowest BCUT2D eigenvalue weighted by Crippen LogP contribution is -2.40. The third-order valence-electron chi connectivity index (χ3n) is 5.62. The molecule has 0 bridgehead atoms. The number of hydrogen-bond acceptors (Lipinski definition) is 10. The summed E-state index contributed by atoms with van der Waals surface area (Å²) in [5.41, 5.74) is 2.22. The predicted octanol–water partition coefficient (Wildman–Crippen LogP) is 2.85. The number of H-pyrrole nitrogens is 1. The van der Waals surface area contributed by atoms with E-state index >= 15 is 0 Å². The summed E-state index contributed by atoms with van der Waals surface area (Å²) in [7, 11) is -3.68. The number of thioether (sulfide) groups is 1. The van der Waals surface area contributed by atoms with E-state index in [1.165, 1.54) is 16.4 Å². The van der Waals surface area contributed by atoms with Crippen LogP contribution in [0, 0.1) is 13.8 Å². The van der Waals surface area contributed by atoms with Gasteiger partial charge in [-0.15, -0.1) is 10.2 Å². The van der Waals surface area contributed by atoms with Crippen LogP contribution >= 0.6 is 11.8 Å². The van der Waals surface area contributed by atoms with Crippen molar-refractivity contribution in [3.63, 3.8) is 0 Å². The zero-order valence-electron chi connectivity index (χ0n) is 20.1. The van der Waals surface area contributed by atoms with E-state index in [1.54, 1.807) is 32.9 Å². The van der Waals surface area contributed by atoms with Crippen LogP contribution in [0.15, 0.2) is 38.8 Å². The Balaban J connectivity index is 1.45. The summed E-state index contributed by atoms with van der Waals surface area (Å²) >= 11 is 1.05. The minimum Gasteiger partial charge on any atom is -0.462 e. The van der Waals surface area contributed by atoms with Crippen molar-refractivity contribution in [2.24, 2.45) is 0 Å². The van der Waals surface area contributed by atoms with Crippen LogP contribution < -0.4 is 0 Å². The van der Waals surface area contributed by atoms with Crippen molar-refractivity contribution in [3.8, 4) is 11.5 Å². The molecule has 0 amide bonds. The van der Waals surface area contributed by atoms with Gasteiger partial charge in [-0.25, -0.2) is 13.2 Å². The molecule has 0 radical (unpaired) electrons. The standard InChI is InChI=1S/C23H26N4O7S2/c1-4-33-22(29)19-14(2)20(24-15(19)3)18(28)13-35-23-26-25-21(34-23)16-6-5-7-17(12-16)36(30,31)27-8-10-32-11-9-27/h5-7,12,24H,4,8-11,13H2,1-3H3. The number of hydrogen-bond donors (Lipinski definition) is 1. The minimum atomic E-state index is -3.68. The van der Waals surface area contributed by atoms with Crippen molar-refractivity contribution >= 4 is 33.5 Å². The van der Waals surface area contributed by atoms with Crippen molar-refractivity contribution in [2.75, 3.05) is 38.7 Å². The Kier molecular flexibility index (Phi) is 7.93. The fourth-order valence-corrected chi connectivity index (χ4v) is 5.94. The number of aryl methyl sites for hydroxylation is 1. The Hall–Kier alpha value is -3.00. The summed E-state index contributed by atoms with van der Waals surface area (Å²) in [5.74, 6) is -0.583. The molecule has 36 heavy (non-hydrogen) atoms. The summed E-state index contributed by atoms with van der Waals surface area (Å²) in [5, 5.41) is 8.14. The maximum absolute atomic E-state index is 13.0. The molecule has 13 heteroatoms. The number of carbonyl (C=O) groups excluding carboxylic acids is 2. The van der Waals surface area contributed by atoms with Gasteiger partial charge in [0.25, 0.3) is 5.22 Å². The fourth-order valence-electron chi connectivity index (χ4n) is 3.85. The fraction of sp³-hybridized carbons (Fsp3) is 0.391. The predicted molar refractivity (Wildman–Crippen MR) is 131 cm³/mol. The molecule has 11 nitrogen and oxygen atoms in total. The minimum absolute atomic E-state index is 0.00383. The van der Waals surface area contributed by atoms with Gasteiger partial charge in [0.1, 0.15) is 0 Å². The van der Waals surface area contributed by atoms with Gasteiger partial charge in [-0.05, 0) is 44.5 Å². The molecule has 0 spiro atoms. The Labute approximate surface area is 212 Å². The quantitative estimate of drug-likeness (QED) is 0.247. The van der Waals surface area contributed by atoms with Gasteiger partial charge in [-0.3, -0.25) is 4.79 Å². The highest BCUT2D eigenvalue weighted by Gasteiger charge is 2.27. The lowest BCUT2D eigenvalue weighted by Gasteiger charge is -2.26. The molecule has 0 aliphatic carbocycles. The Morgan fingerprint density at radius 3 is 2.67 bits per heavy atom. The first-order chi connectivity index (χ1) is 17.2. The second kappa shape index (κ2) is 10.9. The molecule has 2 aromatic heterocycles. The number of carbonyl (C=O) groups is 2. The second-order valence-corrected chi connectivity index (χ2v) is 10.8. The Bertz CT molecular complexity index is 1370. The molecule has 1 aromatic carbocycles. The molecular weight excluding hydrogens is 508 g/mol. The molecule has 0 atom stereocenters. The van der Waals surface area contributed by atoms with Crippen molar-refractivity contribution < 1.29 is 31.9 Å². The van der Waals surface area contributed by atoms with E-state index in [2.05, 4.69) is 15.2 Å². The first-order valence-electron chi connectivity index (χ1n) is 11.3. The molecule has 4 rings (SSSR count). The summed E-state index contributed by atoms with van der Waals surface area (Å²) in [4.78, 5) is 28.1. The number of ketones is 1. The van der Waals surface area contributed by atoms with Gasteiger partial charge in [-0.1, -0.05) is 17.8 Å². The number of ether oxygens (including phenoxy) is 2. The van der Waals surface area contributed by atoms with Crippen LogP contribution in [0.3, 0.4) is 0 Å². The van der Waals surface area contributed by atoms with Crippen LogP contribution in [0.1, 0.15) is 39.0 Å². The number of morpholine rings is 1. The molecular formula is C23H26N4O7S2. The largest absolute Gasteiger partial charge is 0.462 e. The van der Waals surface area contributed by atoms with E-state index in [0.29, 0.717) is 54.4 Å². The van der Waals surface area contributed by atoms with E-state index < -0.39 is 16.0 Å². The van der Waals surface area contributed by atoms with Gasteiger partial charge in [0.15, 0.2) is 5.78 Å². The van der Waals surface area contributed by atoms with Gasteiger partial charge in [0, 0.05) is 24.3 Å². The second-order valence-electron chi connectivity index (χ2n) is 7.97. The van der Waals surface area contributed by atoms with Crippen molar-refractivity contribution in [3.05, 3.63) is 46.8 Å². The van der Waals surface area contributed by atoms with Crippen LogP contribution in [-0.2, 0) is 19.5 Å². The summed E-state index contributed by atoms with van der Waals surface area (Å²) in [6, 6.07) is 6.29. The van der Waals surface area contributed by atoms with Crippen LogP contribution in [0.4, 0.5) is 0 Å². The Morgan fingerprint density at radius 1 is 1.19 bits per heavy atom. The van der Waals surface area contributed by atoms with Crippen LogP contribution in [0.5, 0.6) is 0 Å². The van der Waals surface area contributed by atoms with Gasteiger partial charge in [-0.2, -0.15) is 4.31 Å². The van der Waals surface area contributed by atoms with E-state index in [9.17, 15) is 18.0 Å². The monoisotopic (exact) mass is 534 g/mol. The summed E-state index contributed by atoms with van der Waals surface area (Å²) < 4.78 is 43.3. The Morgan fingerprint density at radius 2 is 1.94 bits per heavy atom. The first-order valence-corrected chi connectivity index (χ1v) is 13.7. The molecule has 0 saturated carbocycles. The smallest absolute Gasteiger partial charge is 0.340 e. The number of rotatable bonds is 9. The third-order valence-corrected chi connectivity index (χ3v) is 8.33. The van der Waals surface area contributed by atoms with Crippen molar-refractivity contribution in [2.45, 2.75) is 30.9 Å². The molecule has 1 saturated heterocycles. The number of esters is 1. The average molecular weight is 535 g/mol. The van der Waals surface area contributed by atoms with Crippen LogP contribution in [0.2, 0.25) is 0 Å². The molecule has 192 valence electrons. The SMILES string of the molecule is CCOC(=O)c1c(C)[nH]c(C(=O)CSc2nnc(-c3cccc(S(=O)(=O)N4CCOCC4)c3)o2)c1C. The lowest BCUT2D eigenvalue weighted by molar-refractivity contribution is 0.0525. The number of nitrogens with zero attached hydrogens (tertiary/aromatic N) is 3. The number of aromatic nitrogens is 3. The number of nitrogens with one attached hydrogen (secondary N) is 1. The number of Topliss-reactive ketones (excluding diaryl/α,β-unsaturated/α-hetero) is 1. The van der Waals surface area contributed by atoms with Crippen LogP contribution in [-0.4, -0.2) is 78.3 Å². The molecule has 1 aliphatic heterocycles. The third kappa shape index (κ3) is 5.38. The van der Waals surface area contributed by atoms with E-state index in [4.69, 9.17) is 13.9 Å². The molecule has 3 aromatic rings. The zero-order chi connectivity index (χ0) is 25.9. The van der Waals surface area contributed by atoms with E-state index in [-0.39, 0.29) is 34.2 Å². The highest BCUT2D eigenvalue weighted by atomic mass is 32.2. The molecule has 1 N–H and O–H groups in total. The highest BCUT2D eigenvalue weighted by molar-refractivity contribution is 7.99. The zero-order valence-corrected chi connectivity index (χ0v) is 21.7. The maximum atomic E-state index is 13.0. The number of aromatic amines is 1. The maximum Gasteiger partial charge on any atom is 0.340 e. The first kappa shape index (κ1) is 26.1. The van der Waals surface area contributed by atoms with Gasteiger partial charge < -0.3 is 18.9 Å². The number of benzene rings is 1. The van der Waals surface area contributed by atoms with Crippen LogP contribution in [0.25, 0.3) is 11.5 Å². The molecule has 3 heterocycles. The van der Waals surface area contributed by atoms with Crippen molar-refractivity contribution in [1.29, 1.82) is 0 Å².